The first-order valence-electron chi connectivity index (χ1n) is 11.7. The molecule has 7 nitrogen and oxygen atoms in total. The van der Waals surface area contributed by atoms with E-state index in [1.165, 1.54) is 31.2 Å². The highest BCUT2D eigenvalue weighted by molar-refractivity contribution is 7.16. The van der Waals surface area contributed by atoms with Crippen LogP contribution in [0.2, 0.25) is 0 Å². The first-order chi connectivity index (χ1) is 17.7. The number of alkyl halides is 3. The maximum atomic E-state index is 13.5. The summed E-state index contributed by atoms with van der Waals surface area (Å²) in [6.07, 6.45) is -2.20. The number of aromatic nitrogens is 2. The molecule has 0 amide bonds. The van der Waals surface area contributed by atoms with Crippen LogP contribution < -0.4 is 19.9 Å². The Morgan fingerprint density at radius 3 is 2.68 bits per heavy atom. The van der Waals surface area contributed by atoms with Gasteiger partial charge in [-0.3, -0.25) is 4.57 Å². The number of nitrogens with zero attached hydrogens (tertiary/aromatic N) is 2. The number of carbonyl (C=O) groups excluding carboxylic acids is 1. The number of fused-ring (bicyclic) bond motifs is 1. The van der Waals surface area contributed by atoms with E-state index in [9.17, 15) is 23.1 Å². The number of piperidine rings is 1. The van der Waals surface area contributed by atoms with Gasteiger partial charge in [-0.15, -0.1) is 11.3 Å². The van der Waals surface area contributed by atoms with Gasteiger partial charge in [0, 0.05) is 17.7 Å². The third-order valence-corrected chi connectivity index (χ3v) is 7.32. The molecule has 0 saturated carbocycles. The zero-order valence-electron chi connectivity index (χ0n) is 19.7. The summed E-state index contributed by atoms with van der Waals surface area (Å²) in [6.45, 7) is 3.22. The molecule has 1 fully saturated rings. The van der Waals surface area contributed by atoms with Crippen LogP contribution in [0, 0.1) is 0 Å². The molecule has 1 atom stereocenters. The van der Waals surface area contributed by atoms with Crippen LogP contribution in [0.1, 0.15) is 46.7 Å². The van der Waals surface area contributed by atoms with Crippen LogP contribution in [-0.2, 0) is 6.18 Å². The van der Waals surface area contributed by atoms with E-state index in [0.29, 0.717) is 21.8 Å². The molecule has 3 heterocycles. The fourth-order valence-electron chi connectivity index (χ4n) is 4.42. The average molecular weight is 531 g/mol. The Hall–Kier alpha value is -3.57. The molecule has 0 aliphatic carbocycles. The van der Waals surface area contributed by atoms with E-state index in [1.807, 2.05) is 18.2 Å². The summed E-state index contributed by atoms with van der Waals surface area (Å²) in [4.78, 5) is 16.0. The summed E-state index contributed by atoms with van der Waals surface area (Å²) in [6, 6.07) is 12.0. The highest BCUT2D eigenvalue weighted by atomic mass is 32.1. The predicted octanol–water partition coefficient (Wildman–Crippen LogP) is 4.74. The number of carbonyl (C=O) groups is 1. The lowest BCUT2D eigenvalue weighted by Crippen LogP contribution is -2.34. The first kappa shape index (κ1) is 25.1. The van der Waals surface area contributed by atoms with Gasteiger partial charge in [0.25, 0.3) is 0 Å². The Labute approximate surface area is 214 Å². The van der Waals surface area contributed by atoms with Crippen LogP contribution in [0.15, 0.2) is 54.9 Å². The van der Waals surface area contributed by atoms with Crippen molar-refractivity contribution in [3.63, 3.8) is 0 Å². The van der Waals surface area contributed by atoms with Crippen LogP contribution in [0.25, 0.3) is 16.0 Å². The van der Waals surface area contributed by atoms with Crippen LogP contribution >= 0.6 is 11.3 Å². The highest BCUT2D eigenvalue weighted by Crippen LogP contribution is 2.39. The Bertz CT molecular complexity index is 1430. The number of halogens is 3. The summed E-state index contributed by atoms with van der Waals surface area (Å²) >= 11 is 0.893. The fourth-order valence-corrected chi connectivity index (χ4v) is 5.33. The number of ether oxygens (including phenoxy) is 2. The number of thiophene rings is 1. The van der Waals surface area contributed by atoms with Gasteiger partial charge in [0.1, 0.15) is 35.0 Å². The second-order valence-corrected chi connectivity index (χ2v) is 9.77. The van der Waals surface area contributed by atoms with Gasteiger partial charge in [-0.2, -0.15) is 13.2 Å². The summed E-state index contributed by atoms with van der Waals surface area (Å²) in [5, 5.41) is 15.6. The van der Waals surface area contributed by atoms with Crippen LogP contribution in [0.4, 0.5) is 13.2 Å². The summed E-state index contributed by atoms with van der Waals surface area (Å²) in [5.74, 6) is -0.887. The molecule has 2 aromatic heterocycles. The molecule has 5 rings (SSSR count). The molecule has 1 saturated heterocycles. The van der Waals surface area contributed by atoms with Gasteiger partial charge in [-0.05, 0) is 51.1 Å². The lowest BCUT2D eigenvalue weighted by Gasteiger charge is -2.23. The van der Waals surface area contributed by atoms with Gasteiger partial charge in [0.2, 0.25) is 0 Å². The smallest absolute Gasteiger partial charge is 0.416 e. The molecule has 1 aliphatic heterocycles. The number of rotatable bonds is 7. The summed E-state index contributed by atoms with van der Waals surface area (Å²) in [7, 11) is 0. The molecule has 194 valence electrons. The fraction of sp³-hybridized carbons (Fsp3) is 0.308. The topological polar surface area (TPSA) is 88.4 Å². The van der Waals surface area contributed by atoms with Crippen molar-refractivity contribution in [3.8, 4) is 16.5 Å². The van der Waals surface area contributed by atoms with Crippen LogP contribution in [-0.4, -0.2) is 34.7 Å². The zero-order valence-corrected chi connectivity index (χ0v) is 20.6. The van der Waals surface area contributed by atoms with E-state index in [4.69, 9.17) is 9.47 Å². The second kappa shape index (κ2) is 10.1. The lowest BCUT2D eigenvalue weighted by atomic mass is 10.0. The number of carboxylic acid groups (broad SMARTS) is 1. The van der Waals surface area contributed by atoms with E-state index in [-0.39, 0.29) is 22.3 Å². The maximum Gasteiger partial charge on any atom is 0.416 e. The van der Waals surface area contributed by atoms with Gasteiger partial charge in [-0.1, -0.05) is 18.2 Å². The number of imidazole rings is 1. The molecule has 0 radical (unpaired) electrons. The molecule has 0 unspecified atom stereocenters. The van der Waals surface area contributed by atoms with Crippen molar-refractivity contribution in [3.05, 3.63) is 70.9 Å². The van der Waals surface area contributed by atoms with Crippen molar-refractivity contribution in [2.75, 3.05) is 13.1 Å². The minimum absolute atomic E-state index is 0.0755. The normalized spacial score (nSPS) is 15.6. The summed E-state index contributed by atoms with van der Waals surface area (Å²) < 4.78 is 54.1. The van der Waals surface area contributed by atoms with Gasteiger partial charge in [0.05, 0.1) is 27.4 Å². The van der Waals surface area contributed by atoms with E-state index in [1.54, 1.807) is 10.9 Å². The zero-order chi connectivity index (χ0) is 26.2. The molecule has 11 heteroatoms. The lowest BCUT2D eigenvalue weighted by molar-refractivity contribution is -0.254. The largest absolute Gasteiger partial charge is 0.544 e. The second-order valence-electron chi connectivity index (χ2n) is 8.74. The van der Waals surface area contributed by atoms with E-state index in [2.05, 4.69) is 10.3 Å². The number of carboxylic acids is 1. The van der Waals surface area contributed by atoms with Crippen molar-refractivity contribution in [1.82, 2.24) is 14.9 Å². The van der Waals surface area contributed by atoms with E-state index in [0.717, 1.165) is 43.3 Å². The van der Waals surface area contributed by atoms with Gasteiger partial charge >= 0.3 is 6.18 Å². The van der Waals surface area contributed by atoms with Crippen molar-refractivity contribution in [1.29, 1.82) is 0 Å². The Morgan fingerprint density at radius 2 is 1.95 bits per heavy atom. The number of aromatic carboxylic acids is 1. The predicted molar refractivity (Wildman–Crippen MR) is 130 cm³/mol. The standard InChI is InChI=1S/C26H24F3N3O4S/c1-15(18-4-2-3-5-19(18)26(27,28)29)35-22-13-23(37-24(22)25(33)34)32-14-31-20-7-6-17(12-21(20)32)36-16-8-10-30-11-9-16/h2-7,12-16,30H,8-11H2,1H3,(H,33,34)/p-1/t15-/m1/s1. The Morgan fingerprint density at radius 1 is 1.19 bits per heavy atom. The first-order valence-corrected chi connectivity index (χ1v) is 12.5. The van der Waals surface area contributed by atoms with Crippen molar-refractivity contribution in [2.45, 2.75) is 38.1 Å². The average Bonchev–Trinajstić information content (AvgIpc) is 3.48. The quantitative estimate of drug-likeness (QED) is 0.371. The Balaban J connectivity index is 1.46. The molecule has 1 aliphatic rings. The van der Waals surface area contributed by atoms with Gasteiger partial charge in [0.15, 0.2) is 0 Å². The van der Waals surface area contributed by atoms with Gasteiger partial charge in [-0.25, -0.2) is 4.98 Å². The van der Waals surface area contributed by atoms with E-state index >= 15 is 0 Å². The molecular weight excluding hydrogens is 507 g/mol. The van der Waals surface area contributed by atoms with Crippen molar-refractivity contribution >= 4 is 28.3 Å². The monoisotopic (exact) mass is 530 g/mol. The SMILES string of the molecule is C[C@@H](Oc1cc(-n2cnc3ccc(OC4CCNCC4)cc32)sc1C(=O)[O-])c1ccccc1C(F)(F)F. The molecule has 4 aromatic rings. The Kier molecular flexibility index (Phi) is 6.82. The molecular formula is C26H23F3N3O4S-. The minimum Gasteiger partial charge on any atom is -0.544 e. The summed E-state index contributed by atoms with van der Waals surface area (Å²) in [5.41, 5.74) is 0.435. The highest BCUT2D eigenvalue weighted by Gasteiger charge is 2.35. The number of hydrogen-bond donors (Lipinski definition) is 1. The van der Waals surface area contributed by atoms with Crippen LogP contribution in [0.3, 0.4) is 0 Å². The van der Waals surface area contributed by atoms with Crippen molar-refractivity contribution in [2.24, 2.45) is 0 Å². The third-order valence-electron chi connectivity index (χ3n) is 6.22. The van der Waals surface area contributed by atoms with Gasteiger partial charge < -0.3 is 24.7 Å². The third kappa shape index (κ3) is 5.28. The molecule has 1 N–H and O–H groups in total. The maximum absolute atomic E-state index is 13.5. The van der Waals surface area contributed by atoms with Crippen molar-refractivity contribution < 1.29 is 32.5 Å². The molecule has 37 heavy (non-hydrogen) atoms. The minimum atomic E-state index is -4.57. The molecule has 2 aromatic carbocycles. The molecule has 0 bridgehead atoms. The van der Waals surface area contributed by atoms with Crippen LogP contribution in [0.5, 0.6) is 11.5 Å². The van der Waals surface area contributed by atoms with E-state index < -0.39 is 23.8 Å². The number of hydrogen-bond acceptors (Lipinski definition) is 7. The number of nitrogens with one attached hydrogen (secondary N) is 1. The molecule has 0 spiro atoms. The number of benzene rings is 2.